The van der Waals surface area contributed by atoms with Gasteiger partial charge in [-0.1, -0.05) is 19.1 Å². The van der Waals surface area contributed by atoms with Crippen LogP contribution < -0.4 is 0 Å². The zero-order valence-corrected chi connectivity index (χ0v) is 16.2. The number of halogens is 1. The van der Waals surface area contributed by atoms with E-state index in [2.05, 4.69) is 6.92 Å². The number of hydrogen-bond donors (Lipinski definition) is 0. The van der Waals surface area contributed by atoms with E-state index < -0.39 is 0 Å². The highest BCUT2D eigenvalue weighted by atomic mass is 19.1. The predicted octanol–water partition coefficient (Wildman–Crippen LogP) is 4.15. The molecule has 5 heteroatoms. The van der Waals surface area contributed by atoms with Crippen molar-refractivity contribution in [1.82, 2.24) is 9.80 Å². The lowest BCUT2D eigenvalue weighted by Crippen LogP contribution is -2.35. The van der Waals surface area contributed by atoms with Crippen LogP contribution in [0.2, 0.25) is 0 Å². The van der Waals surface area contributed by atoms with E-state index in [1.54, 1.807) is 17.0 Å². The molecule has 1 amide bonds. The van der Waals surface area contributed by atoms with Gasteiger partial charge in [0.15, 0.2) is 0 Å². The maximum Gasteiger partial charge on any atom is 0.247 e. The van der Waals surface area contributed by atoms with E-state index in [9.17, 15) is 9.18 Å². The molecule has 0 N–H and O–H groups in total. The Kier molecular flexibility index (Phi) is 6.11. The Morgan fingerprint density at radius 1 is 1.26 bits per heavy atom. The summed E-state index contributed by atoms with van der Waals surface area (Å²) in [6, 6.07) is 10.3. The SMILES string of the molecule is CC1CC1c1ccc(/C=C/C(=O)N(CCN(C)C)Cc2cccc(F)c2)o1. The minimum absolute atomic E-state index is 0.112. The molecule has 3 rings (SSSR count). The molecule has 144 valence electrons. The van der Waals surface area contributed by atoms with E-state index in [1.807, 2.05) is 37.2 Å². The number of furan rings is 1. The van der Waals surface area contributed by atoms with Crippen molar-refractivity contribution in [3.05, 3.63) is 65.4 Å². The number of amides is 1. The summed E-state index contributed by atoms with van der Waals surface area (Å²) < 4.78 is 19.3. The van der Waals surface area contributed by atoms with Crippen LogP contribution in [0.1, 0.15) is 36.3 Å². The van der Waals surface area contributed by atoms with Crippen LogP contribution in [-0.2, 0) is 11.3 Å². The summed E-state index contributed by atoms with van der Waals surface area (Å²) in [7, 11) is 3.92. The zero-order valence-electron chi connectivity index (χ0n) is 16.2. The molecule has 2 atom stereocenters. The predicted molar refractivity (Wildman–Crippen MR) is 105 cm³/mol. The minimum atomic E-state index is -0.291. The number of carbonyl (C=O) groups excluding carboxylic acids is 1. The van der Waals surface area contributed by atoms with Crippen molar-refractivity contribution in [2.24, 2.45) is 5.92 Å². The molecule has 1 heterocycles. The molecule has 1 aromatic carbocycles. The molecule has 1 fully saturated rings. The largest absolute Gasteiger partial charge is 0.461 e. The third kappa shape index (κ3) is 5.54. The quantitative estimate of drug-likeness (QED) is 0.655. The van der Waals surface area contributed by atoms with E-state index in [0.29, 0.717) is 30.7 Å². The van der Waals surface area contributed by atoms with Crippen LogP contribution in [0.15, 0.2) is 46.9 Å². The summed E-state index contributed by atoms with van der Waals surface area (Å²) in [6.07, 6.45) is 4.42. The second-order valence-corrected chi connectivity index (χ2v) is 7.59. The number of nitrogens with zero attached hydrogens (tertiary/aromatic N) is 2. The van der Waals surface area contributed by atoms with Crippen LogP contribution >= 0.6 is 0 Å². The van der Waals surface area contributed by atoms with Gasteiger partial charge in [0.1, 0.15) is 17.3 Å². The first-order chi connectivity index (χ1) is 12.9. The van der Waals surface area contributed by atoms with Gasteiger partial charge in [-0.25, -0.2) is 4.39 Å². The first kappa shape index (κ1) is 19.4. The highest BCUT2D eigenvalue weighted by Gasteiger charge is 2.36. The second kappa shape index (κ2) is 8.53. The van der Waals surface area contributed by atoms with Gasteiger partial charge in [0.05, 0.1) is 0 Å². The third-order valence-corrected chi connectivity index (χ3v) is 4.90. The number of rotatable bonds is 8. The summed E-state index contributed by atoms with van der Waals surface area (Å²) in [5.41, 5.74) is 0.776. The topological polar surface area (TPSA) is 36.7 Å². The first-order valence-corrected chi connectivity index (χ1v) is 9.38. The average Bonchev–Trinajstić information content (AvgIpc) is 3.17. The molecule has 2 unspecified atom stereocenters. The van der Waals surface area contributed by atoms with E-state index in [-0.39, 0.29) is 11.7 Å². The summed E-state index contributed by atoms with van der Waals surface area (Å²) >= 11 is 0. The summed E-state index contributed by atoms with van der Waals surface area (Å²) in [6.45, 7) is 3.88. The molecule has 1 aliphatic rings. The molecule has 1 aromatic heterocycles. The van der Waals surface area contributed by atoms with Crippen molar-refractivity contribution in [2.45, 2.75) is 25.8 Å². The lowest BCUT2D eigenvalue weighted by Gasteiger charge is -2.23. The van der Waals surface area contributed by atoms with Gasteiger partial charge in [-0.15, -0.1) is 0 Å². The van der Waals surface area contributed by atoms with Crippen molar-refractivity contribution in [3.63, 3.8) is 0 Å². The van der Waals surface area contributed by atoms with Crippen molar-refractivity contribution >= 4 is 12.0 Å². The summed E-state index contributed by atoms with van der Waals surface area (Å²) in [5, 5.41) is 0. The number of benzene rings is 1. The zero-order chi connectivity index (χ0) is 19.4. The fraction of sp³-hybridized carbons (Fsp3) is 0.409. The highest BCUT2D eigenvalue weighted by molar-refractivity contribution is 5.91. The van der Waals surface area contributed by atoms with Crippen LogP contribution in [0.3, 0.4) is 0 Å². The van der Waals surface area contributed by atoms with Crippen LogP contribution in [0.4, 0.5) is 4.39 Å². The fourth-order valence-corrected chi connectivity index (χ4v) is 3.08. The van der Waals surface area contributed by atoms with Gasteiger partial charge >= 0.3 is 0 Å². The Morgan fingerprint density at radius 3 is 2.70 bits per heavy atom. The molecule has 27 heavy (non-hydrogen) atoms. The molecular formula is C22H27FN2O2. The van der Waals surface area contributed by atoms with Crippen LogP contribution in [0.25, 0.3) is 6.08 Å². The maximum atomic E-state index is 13.5. The van der Waals surface area contributed by atoms with Crippen LogP contribution in [-0.4, -0.2) is 42.9 Å². The Bertz CT molecular complexity index is 812. The van der Waals surface area contributed by atoms with Crippen LogP contribution in [0, 0.1) is 11.7 Å². The van der Waals surface area contributed by atoms with Crippen molar-refractivity contribution < 1.29 is 13.6 Å². The molecule has 0 spiro atoms. The van der Waals surface area contributed by atoms with Crippen molar-refractivity contribution in [3.8, 4) is 0 Å². The number of hydrogen-bond acceptors (Lipinski definition) is 3. The summed E-state index contributed by atoms with van der Waals surface area (Å²) in [5.74, 6) is 2.49. The average molecular weight is 370 g/mol. The Labute approximate surface area is 160 Å². The van der Waals surface area contributed by atoms with Gasteiger partial charge in [-0.2, -0.15) is 0 Å². The van der Waals surface area contributed by atoms with E-state index >= 15 is 0 Å². The number of likely N-dealkylation sites (N-methyl/N-ethyl adjacent to an activating group) is 1. The second-order valence-electron chi connectivity index (χ2n) is 7.59. The van der Waals surface area contributed by atoms with E-state index in [1.165, 1.54) is 24.6 Å². The Balaban J connectivity index is 1.66. The monoisotopic (exact) mass is 370 g/mol. The van der Waals surface area contributed by atoms with Gasteiger partial charge in [0.2, 0.25) is 5.91 Å². The Morgan fingerprint density at radius 2 is 2.04 bits per heavy atom. The molecule has 0 bridgehead atoms. The fourth-order valence-electron chi connectivity index (χ4n) is 3.08. The molecule has 0 radical (unpaired) electrons. The third-order valence-electron chi connectivity index (χ3n) is 4.90. The van der Waals surface area contributed by atoms with E-state index in [4.69, 9.17) is 4.42 Å². The van der Waals surface area contributed by atoms with Gasteiger partial charge in [-0.05, 0) is 62.3 Å². The van der Waals surface area contributed by atoms with Gasteiger partial charge in [-0.3, -0.25) is 4.79 Å². The normalized spacial score (nSPS) is 19.0. The standard InChI is InChI=1S/C22H27FN2O2/c1-16-13-20(16)21-9-7-19(27-21)8-10-22(26)25(12-11-24(2)3)15-17-5-4-6-18(23)14-17/h4-10,14,16,20H,11-13,15H2,1-3H3/b10-8+. The number of carbonyl (C=O) groups is 1. The van der Waals surface area contributed by atoms with Crippen molar-refractivity contribution in [2.75, 3.05) is 27.2 Å². The molecule has 0 saturated heterocycles. The molecular weight excluding hydrogens is 343 g/mol. The molecule has 2 aromatic rings. The maximum absolute atomic E-state index is 13.5. The van der Waals surface area contributed by atoms with Gasteiger partial charge in [0, 0.05) is 31.6 Å². The molecule has 1 saturated carbocycles. The minimum Gasteiger partial charge on any atom is -0.461 e. The lowest BCUT2D eigenvalue weighted by molar-refractivity contribution is -0.126. The Hall–Kier alpha value is -2.40. The van der Waals surface area contributed by atoms with Gasteiger partial charge < -0.3 is 14.2 Å². The van der Waals surface area contributed by atoms with E-state index in [0.717, 1.165) is 17.9 Å². The molecule has 4 nitrogen and oxygen atoms in total. The van der Waals surface area contributed by atoms with Gasteiger partial charge in [0.25, 0.3) is 0 Å². The summed E-state index contributed by atoms with van der Waals surface area (Å²) in [4.78, 5) is 16.4. The van der Waals surface area contributed by atoms with Crippen molar-refractivity contribution in [1.29, 1.82) is 0 Å². The first-order valence-electron chi connectivity index (χ1n) is 9.38. The lowest BCUT2D eigenvalue weighted by atomic mass is 10.2. The molecule has 0 aliphatic heterocycles. The smallest absolute Gasteiger partial charge is 0.247 e. The molecule has 1 aliphatic carbocycles. The van der Waals surface area contributed by atoms with Crippen LogP contribution in [0.5, 0.6) is 0 Å². The highest BCUT2D eigenvalue weighted by Crippen LogP contribution is 2.47.